The fraction of sp³-hybridized carbons (Fsp3) is 0.692. The van der Waals surface area contributed by atoms with Crippen LogP contribution in [0.5, 0.6) is 0 Å². The van der Waals surface area contributed by atoms with Crippen LogP contribution < -0.4 is 0 Å². The van der Waals surface area contributed by atoms with E-state index in [4.69, 9.17) is 9.47 Å². The van der Waals surface area contributed by atoms with Crippen molar-refractivity contribution in [3.63, 3.8) is 0 Å². The van der Waals surface area contributed by atoms with E-state index in [1.807, 2.05) is 6.26 Å². The topological polar surface area (TPSA) is 18.5 Å². The molecule has 0 aromatic rings. The molecule has 0 saturated carbocycles. The standard InChI is InChI=1S/C13H26O2Si/c1-11(2)8-15-10-13(9-14-4)12(3)16(5,6)7/h10-11H,3,8-9H2,1-2,4-7H3/b13-10-. The number of hydrogen-bond donors (Lipinski definition) is 0. The van der Waals surface area contributed by atoms with E-state index in [0.717, 1.165) is 12.2 Å². The van der Waals surface area contributed by atoms with E-state index >= 15 is 0 Å². The summed E-state index contributed by atoms with van der Waals surface area (Å²) in [4.78, 5) is 0. The molecule has 0 amide bonds. The first-order valence-corrected chi connectivity index (χ1v) is 9.28. The van der Waals surface area contributed by atoms with Crippen LogP contribution in [-0.2, 0) is 9.47 Å². The molecule has 0 fully saturated rings. The summed E-state index contributed by atoms with van der Waals surface area (Å²) in [6.45, 7) is 16.6. The summed E-state index contributed by atoms with van der Waals surface area (Å²) in [5, 5.41) is 1.21. The van der Waals surface area contributed by atoms with Crippen molar-refractivity contribution in [2.24, 2.45) is 5.92 Å². The lowest BCUT2D eigenvalue weighted by atomic mass is 10.2. The van der Waals surface area contributed by atoms with Crippen LogP contribution in [0.15, 0.2) is 23.6 Å². The molecule has 0 spiro atoms. The average Bonchev–Trinajstić information content (AvgIpc) is 2.13. The number of hydrogen-bond acceptors (Lipinski definition) is 2. The zero-order valence-corrected chi connectivity index (χ0v) is 12.6. The van der Waals surface area contributed by atoms with Crippen LogP contribution in [0, 0.1) is 5.92 Å². The van der Waals surface area contributed by atoms with Crippen molar-refractivity contribution >= 4 is 8.07 Å². The maximum Gasteiger partial charge on any atom is 0.0896 e. The molecule has 0 unspecified atom stereocenters. The first-order chi connectivity index (χ1) is 7.29. The van der Waals surface area contributed by atoms with Gasteiger partial charge >= 0.3 is 0 Å². The summed E-state index contributed by atoms with van der Waals surface area (Å²) < 4.78 is 10.7. The van der Waals surface area contributed by atoms with Crippen molar-refractivity contribution in [1.29, 1.82) is 0 Å². The average molecular weight is 242 g/mol. The quantitative estimate of drug-likeness (QED) is 0.386. The molecule has 0 rings (SSSR count). The largest absolute Gasteiger partial charge is 0.501 e. The van der Waals surface area contributed by atoms with Gasteiger partial charge in [0.15, 0.2) is 0 Å². The Balaban J connectivity index is 4.54. The van der Waals surface area contributed by atoms with Gasteiger partial charge in [0, 0.05) is 12.7 Å². The SMILES string of the molecule is C=C(/C(=C\OCC(C)C)COC)[Si](C)(C)C. The van der Waals surface area contributed by atoms with Crippen molar-refractivity contribution < 1.29 is 9.47 Å². The van der Waals surface area contributed by atoms with Crippen LogP contribution in [0.1, 0.15) is 13.8 Å². The Kier molecular flexibility index (Phi) is 6.68. The Morgan fingerprint density at radius 3 is 2.25 bits per heavy atom. The third-order valence-electron chi connectivity index (χ3n) is 2.25. The molecule has 0 aliphatic carbocycles. The van der Waals surface area contributed by atoms with Crippen molar-refractivity contribution in [2.75, 3.05) is 20.3 Å². The van der Waals surface area contributed by atoms with Crippen LogP contribution in [0.25, 0.3) is 0 Å². The van der Waals surface area contributed by atoms with Gasteiger partial charge in [0.05, 0.1) is 27.5 Å². The summed E-state index contributed by atoms with van der Waals surface area (Å²) in [6.07, 6.45) is 1.82. The molecule has 0 atom stereocenters. The highest BCUT2D eigenvalue weighted by Gasteiger charge is 2.21. The predicted octanol–water partition coefficient (Wildman–Crippen LogP) is 3.62. The highest BCUT2D eigenvalue weighted by Crippen LogP contribution is 2.21. The lowest BCUT2D eigenvalue weighted by Crippen LogP contribution is -2.26. The third kappa shape index (κ3) is 6.13. The number of rotatable bonds is 7. The molecule has 0 heterocycles. The predicted molar refractivity (Wildman–Crippen MR) is 73.2 cm³/mol. The number of methoxy groups -OCH3 is 1. The fourth-order valence-corrected chi connectivity index (χ4v) is 2.27. The van der Waals surface area contributed by atoms with Crippen LogP contribution in [0.2, 0.25) is 19.6 Å². The van der Waals surface area contributed by atoms with E-state index < -0.39 is 8.07 Å². The fourth-order valence-electron chi connectivity index (χ4n) is 1.17. The summed E-state index contributed by atoms with van der Waals surface area (Å²) in [5.41, 5.74) is 1.10. The van der Waals surface area contributed by atoms with E-state index in [2.05, 4.69) is 40.1 Å². The van der Waals surface area contributed by atoms with E-state index in [0.29, 0.717) is 12.5 Å². The summed E-state index contributed by atoms with van der Waals surface area (Å²) in [7, 11) is 0.341. The van der Waals surface area contributed by atoms with Crippen LogP contribution in [-0.4, -0.2) is 28.4 Å². The van der Waals surface area contributed by atoms with Gasteiger partial charge in [0.25, 0.3) is 0 Å². The Morgan fingerprint density at radius 2 is 1.88 bits per heavy atom. The molecular weight excluding hydrogens is 216 g/mol. The molecule has 3 heteroatoms. The van der Waals surface area contributed by atoms with Crippen molar-refractivity contribution in [1.82, 2.24) is 0 Å². The van der Waals surface area contributed by atoms with E-state index in [1.165, 1.54) is 5.20 Å². The van der Waals surface area contributed by atoms with Gasteiger partial charge in [-0.15, -0.1) is 0 Å². The zero-order valence-electron chi connectivity index (χ0n) is 11.6. The van der Waals surface area contributed by atoms with Crippen LogP contribution >= 0.6 is 0 Å². The van der Waals surface area contributed by atoms with Gasteiger partial charge in [-0.1, -0.05) is 45.3 Å². The Hall–Kier alpha value is -0.543. The molecule has 94 valence electrons. The molecule has 0 saturated heterocycles. The second kappa shape index (κ2) is 6.92. The minimum atomic E-state index is -1.36. The lowest BCUT2D eigenvalue weighted by Gasteiger charge is -2.22. The summed E-state index contributed by atoms with van der Waals surface area (Å²) in [6, 6.07) is 0. The smallest absolute Gasteiger partial charge is 0.0896 e. The maximum atomic E-state index is 5.55. The molecule has 0 aromatic carbocycles. The Bertz CT molecular complexity index is 249. The second-order valence-electron chi connectivity index (χ2n) is 5.53. The van der Waals surface area contributed by atoms with Gasteiger partial charge in [-0.25, -0.2) is 0 Å². The van der Waals surface area contributed by atoms with Crippen molar-refractivity contribution in [3.05, 3.63) is 23.6 Å². The normalized spacial score (nSPS) is 13.1. The molecule has 0 bridgehead atoms. The van der Waals surface area contributed by atoms with E-state index in [9.17, 15) is 0 Å². The minimum absolute atomic E-state index is 0.542. The molecule has 0 radical (unpaired) electrons. The lowest BCUT2D eigenvalue weighted by molar-refractivity contribution is 0.195. The molecule has 0 aromatic heterocycles. The van der Waals surface area contributed by atoms with Crippen molar-refractivity contribution in [3.8, 4) is 0 Å². The highest BCUT2D eigenvalue weighted by atomic mass is 28.3. The third-order valence-corrected chi connectivity index (χ3v) is 4.38. The van der Waals surface area contributed by atoms with Crippen LogP contribution in [0.4, 0.5) is 0 Å². The molecule has 0 aliphatic rings. The summed E-state index contributed by atoms with van der Waals surface area (Å²) >= 11 is 0. The zero-order chi connectivity index (χ0) is 12.8. The highest BCUT2D eigenvalue weighted by molar-refractivity contribution is 6.83. The Labute approximate surface area is 101 Å². The van der Waals surface area contributed by atoms with Gasteiger partial charge in [0.1, 0.15) is 0 Å². The van der Waals surface area contributed by atoms with E-state index in [-0.39, 0.29) is 0 Å². The van der Waals surface area contributed by atoms with Gasteiger partial charge in [0.2, 0.25) is 0 Å². The first kappa shape index (κ1) is 15.5. The Morgan fingerprint density at radius 1 is 1.31 bits per heavy atom. The molecular formula is C13H26O2Si. The second-order valence-corrected chi connectivity index (χ2v) is 10.6. The molecule has 2 nitrogen and oxygen atoms in total. The maximum absolute atomic E-state index is 5.55. The number of ether oxygens (including phenoxy) is 2. The van der Waals surface area contributed by atoms with E-state index in [1.54, 1.807) is 7.11 Å². The molecule has 0 aliphatic heterocycles. The first-order valence-electron chi connectivity index (χ1n) is 5.78. The summed E-state index contributed by atoms with van der Waals surface area (Å²) in [5.74, 6) is 0.542. The van der Waals surface area contributed by atoms with Gasteiger partial charge in [-0.3, -0.25) is 0 Å². The minimum Gasteiger partial charge on any atom is -0.501 e. The van der Waals surface area contributed by atoms with Crippen molar-refractivity contribution in [2.45, 2.75) is 33.5 Å². The van der Waals surface area contributed by atoms with Crippen LogP contribution in [0.3, 0.4) is 0 Å². The van der Waals surface area contributed by atoms with Gasteiger partial charge in [-0.05, 0) is 5.92 Å². The molecule has 0 N–H and O–H groups in total. The van der Waals surface area contributed by atoms with Gasteiger partial charge < -0.3 is 9.47 Å². The molecule has 16 heavy (non-hydrogen) atoms. The monoisotopic (exact) mass is 242 g/mol. The van der Waals surface area contributed by atoms with Gasteiger partial charge in [-0.2, -0.15) is 0 Å².